The van der Waals surface area contributed by atoms with Crippen molar-refractivity contribution in [3.63, 3.8) is 0 Å². The molecule has 6 nitrogen and oxygen atoms in total. The van der Waals surface area contributed by atoms with E-state index >= 15 is 0 Å². The second-order valence-electron chi connectivity index (χ2n) is 6.43. The highest BCUT2D eigenvalue weighted by Gasteiger charge is 2.18. The molecule has 1 aliphatic heterocycles. The van der Waals surface area contributed by atoms with Crippen LogP contribution < -0.4 is 5.32 Å². The fourth-order valence-corrected chi connectivity index (χ4v) is 3.45. The minimum atomic E-state index is -0.465. The summed E-state index contributed by atoms with van der Waals surface area (Å²) in [4.78, 5) is 12.7. The van der Waals surface area contributed by atoms with Gasteiger partial charge in [0.25, 0.3) is 5.69 Å². The maximum absolute atomic E-state index is 10.8. The van der Waals surface area contributed by atoms with E-state index in [2.05, 4.69) is 16.8 Å². The standard InChI is InChI=1S/C19H22ClN3O3/c1-2-9-22-10-7-14(8-11-22)21-13-16-4-6-19(26-16)17-5-3-15(23(24)25)12-18(17)20/h2-6,12,14,21H,1,7-11,13H2. The van der Waals surface area contributed by atoms with Crippen LogP contribution in [0.2, 0.25) is 5.02 Å². The molecule has 0 unspecified atom stereocenters. The molecule has 0 atom stereocenters. The molecule has 0 amide bonds. The Hall–Kier alpha value is -2.15. The Morgan fingerprint density at radius 2 is 2.12 bits per heavy atom. The fraction of sp³-hybridized carbons (Fsp3) is 0.368. The molecule has 1 aromatic carbocycles. The largest absolute Gasteiger partial charge is 0.460 e. The van der Waals surface area contributed by atoms with Crippen LogP contribution in [0.5, 0.6) is 0 Å². The average molecular weight is 376 g/mol. The minimum Gasteiger partial charge on any atom is -0.460 e. The van der Waals surface area contributed by atoms with Crippen LogP contribution in [0.4, 0.5) is 5.69 Å². The number of halogens is 1. The lowest BCUT2D eigenvalue weighted by Gasteiger charge is -2.31. The van der Waals surface area contributed by atoms with Crippen LogP contribution >= 0.6 is 11.6 Å². The molecule has 26 heavy (non-hydrogen) atoms. The van der Waals surface area contributed by atoms with Crippen LogP contribution in [-0.2, 0) is 6.54 Å². The summed E-state index contributed by atoms with van der Waals surface area (Å²) in [7, 11) is 0. The van der Waals surface area contributed by atoms with E-state index in [-0.39, 0.29) is 5.69 Å². The molecule has 0 bridgehead atoms. The van der Waals surface area contributed by atoms with E-state index in [0.29, 0.717) is 28.9 Å². The SMILES string of the molecule is C=CCN1CCC(NCc2ccc(-c3ccc([N+](=O)[O-])cc3Cl)o2)CC1. The summed E-state index contributed by atoms with van der Waals surface area (Å²) in [5.74, 6) is 1.44. The van der Waals surface area contributed by atoms with Gasteiger partial charge in [-0.25, -0.2) is 0 Å². The maximum atomic E-state index is 10.8. The van der Waals surface area contributed by atoms with E-state index in [9.17, 15) is 10.1 Å². The number of furan rings is 1. The molecule has 7 heteroatoms. The molecule has 2 heterocycles. The lowest BCUT2D eigenvalue weighted by atomic mass is 10.1. The number of likely N-dealkylation sites (tertiary alicyclic amines) is 1. The van der Waals surface area contributed by atoms with Crippen molar-refractivity contribution in [2.24, 2.45) is 0 Å². The Labute approximate surface area is 157 Å². The molecule has 0 saturated carbocycles. The van der Waals surface area contributed by atoms with Crippen molar-refractivity contribution in [1.82, 2.24) is 10.2 Å². The Morgan fingerprint density at radius 3 is 2.77 bits per heavy atom. The second kappa shape index (κ2) is 8.49. The molecule has 1 fully saturated rings. The molecular weight excluding hydrogens is 354 g/mol. The quantitative estimate of drug-likeness (QED) is 0.445. The summed E-state index contributed by atoms with van der Waals surface area (Å²) in [5.41, 5.74) is 0.622. The highest BCUT2D eigenvalue weighted by molar-refractivity contribution is 6.33. The smallest absolute Gasteiger partial charge is 0.270 e. The lowest BCUT2D eigenvalue weighted by Crippen LogP contribution is -2.42. The topological polar surface area (TPSA) is 71.5 Å². The summed E-state index contributed by atoms with van der Waals surface area (Å²) in [6.45, 7) is 7.53. The number of rotatable bonds is 7. The van der Waals surface area contributed by atoms with E-state index < -0.39 is 4.92 Å². The predicted octanol–water partition coefficient (Wildman–Crippen LogP) is 4.25. The first-order chi connectivity index (χ1) is 12.6. The molecule has 0 aliphatic carbocycles. The number of benzene rings is 1. The number of nitrogens with zero attached hydrogens (tertiary/aromatic N) is 2. The summed E-state index contributed by atoms with van der Waals surface area (Å²) in [6, 6.07) is 8.62. The number of nitro benzene ring substituents is 1. The normalized spacial score (nSPS) is 15.9. The van der Waals surface area contributed by atoms with Gasteiger partial charge in [-0.1, -0.05) is 17.7 Å². The number of hydrogen-bond donors (Lipinski definition) is 1. The van der Waals surface area contributed by atoms with Crippen molar-refractivity contribution in [1.29, 1.82) is 0 Å². The summed E-state index contributed by atoms with van der Waals surface area (Å²) < 4.78 is 5.86. The van der Waals surface area contributed by atoms with E-state index in [0.717, 1.165) is 38.2 Å². The summed E-state index contributed by atoms with van der Waals surface area (Å²) in [6.07, 6.45) is 4.16. The van der Waals surface area contributed by atoms with E-state index in [1.54, 1.807) is 6.07 Å². The van der Waals surface area contributed by atoms with Crippen molar-refractivity contribution in [2.75, 3.05) is 19.6 Å². The summed E-state index contributed by atoms with van der Waals surface area (Å²) >= 11 is 6.16. The Kier molecular flexibility index (Phi) is 6.08. The Balaban J connectivity index is 1.57. The van der Waals surface area contributed by atoms with E-state index in [1.165, 1.54) is 12.1 Å². The van der Waals surface area contributed by atoms with Crippen molar-refractivity contribution in [2.45, 2.75) is 25.4 Å². The fourth-order valence-electron chi connectivity index (χ4n) is 3.18. The van der Waals surface area contributed by atoms with Crippen molar-refractivity contribution in [3.05, 3.63) is 63.9 Å². The number of nitro groups is 1. The highest BCUT2D eigenvalue weighted by Crippen LogP contribution is 2.32. The van der Waals surface area contributed by atoms with Crippen LogP contribution in [-0.4, -0.2) is 35.5 Å². The highest BCUT2D eigenvalue weighted by atomic mass is 35.5. The van der Waals surface area contributed by atoms with Gasteiger partial charge in [0.1, 0.15) is 11.5 Å². The molecule has 138 valence electrons. The number of piperidine rings is 1. The average Bonchev–Trinajstić information content (AvgIpc) is 3.10. The minimum absolute atomic E-state index is 0.0324. The van der Waals surface area contributed by atoms with Crippen molar-refractivity contribution >= 4 is 17.3 Å². The number of hydrogen-bond acceptors (Lipinski definition) is 5. The van der Waals surface area contributed by atoms with Gasteiger partial charge in [0.2, 0.25) is 0 Å². The first-order valence-corrected chi connectivity index (χ1v) is 9.04. The second-order valence-corrected chi connectivity index (χ2v) is 6.84. The number of non-ortho nitro benzene ring substituents is 1. The molecule has 1 saturated heterocycles. The van der Waals surface area contributed by atoms with Gasteiger partial charge >= 0.3 is 0 Å². The zero-order chi connectivity index (χ0) is 18.5. The molecule has 0 radical (unpaired) electrons. The van der Waals surface area contributed by atoms with Crippen molar-refractivity contribution < 1.29 is 9.34 Å². The molecule has 1 aromatic heterocycles. The van der Waals surface area contributed by atoms with Crippen molar-refractivity contribution in [3.8, 4) is 11.3 Å². The molecule has 0 spiro atoms. The van der Waals surface area contributed by atoms with Gasteiger partial charge in [0.15, 0.2) is 0 Å². The Morgan fingerprint density at radius 1 is 1.35 bits per heavy atom. The lowest BCUT2D eigenvalue weighted by molar-refractivity contribution is -0.384. The van der Waals surface area contributed by atoms with Crippen LogP contribution in [0.25, 0.3) is 11.3 Å². The third-order valence-corrected chi connectivity index (χ3v) is 4.94. The van der Waals surface area contributed by atoms with Crippen LogP contribution in [0.15, 0.2) is 47.4 Å². The van der Waals surface area contributed by atoms with Gasteiger partial charge in [-0.2, -0.15) is 0 Å². The van der Waals surface area contributed by atoms with Crippen LogP contribution in [0, 0.1) is 10.1 Å². The van der Waals surface area contributed by atoms with Gasteiger partial charge < -0.3 is 9.73 Å². The zero-order valence-electron chi connectivity index (χ0n) is 14.5. The molecule has 1 N–H and O–H groups in total. The van der Waals surface area contributed by atoms with Gasteiger partial charge in [-0.3, -0.25) is 15.0 Å². The molecule has 2 aromatic rings. The van der Waals surface area contributed by atoms with Gasteiger partial charge in [-0.15, -0.1) is 6.58 Å². The van der Waals surface area contributed by atoms with Crippen LogP contribution in [0.3, 0.4) is 0 Å². The van der Waals surface area contributed by atoms with Gasteiger partial charge in [-0.05, 0) is 44.1 Å². The van der Waals surface area contributed by atoms with Gasteiger partial charge in [0, 0.05) is 30.3 Å². The van der Waals surface area contributed by atoms with E-state index in [4.69, 9.17) is 16.0 Å². The summed E-state index contributed by atoms with van der Waals surface area (Å²) in [5, 5.41) is 14.6. The first kappa shape index (κ1) is 18.6. The van der Waals surface area contributed by atoms with Crippen LogP contribution in [0.1, 0.15) is 18.6 Å². The monoisotopic (exact) mass is 375 g/mol. The zero-order valence-corrected chi connectivity index (χ0v) is 15.2. The molecule has 3 rings (SSSR count). The first-order valence-electron chi connectivity index (χ1n) is 8.66. The number of nitrogens with one attached hydrogen (secondary N) is 1. The maximum Gasteiger partial charge on any atom is 0.270 e. The Bertz CT molecular complexity index is 782. The van der Waals surface area contributed by atoms with E-state index in [1.807, 2.05) is 18.2 Å². The molecular formula is C19H22ClN3O3. The van der Waals surface area contributed by atoms with Gasteiger partial charge in [0.05, 0.1) is 16.5 Å². The third kappa shape index (κ3) is 4.52. The third-order valence-electron chi connectivity index (χ3n) is 4.63. The molecule has 1 aliphatic rings. The predicted molar refractivity (Wildman–Crippen MR) is 102 cm³/mol.